The predicted molar refractivity (Wildman–Crippen MR) is 91.3 cm³/mol. The van der Waals surface area contributed by atoms with Crippen molar-refractivity contribution in [1.82, 2.24) is 0 Å². The van der Waals surface area contributed by atoms with E-state index < -0.39 is 10.1 Å². The normalized spacial score (nSPS) is 12.3. The van der Waals surface area contributed by atoms with Gasteiger partial charge in [0.15, 0.2) is 0 Å². The standard InChI is InChI=1S/C17H34O3S/c1-2-3-4-5-6-7-8-9-10-11-12-13-14-15-16-17-21(18,19)20/h15-16H,2-14,17H2,1H3,(H,18,19,20). The van der Waals surface area contributed by atoms with Gasteiger partial charge in [0.05, 0.1) is 5.75 Å². The molecule has 126 valence electrons. The first kappa shape index (κ1) is 20.6. The molecule has 0 fully saturated rings. The third kappa shape index (κ3) is 19.6. The van der Waals surface area contributed by atoms with Crippen LogP contribution in [-0.2, 0) is 10.1 Å². The van der Waals surface area contributed by atoms with Crippen molar-refractivity contribution in [1.29, 1.82) is 0 Å². The Kier molecular flexibility index (Phi) is 14.3. The number of rotatable bonds is 15. The van der Waals surface area contributed by atoms with Gasteiger partial charge in [-0.2, -0.15) is 8.42 Å². The van der Waals surface area contributed by atoms with Crippen LogP contribution in [-0.4, -0.2) is 18.7 Å². The summed E-state index contributed by atoms with van der Waals surface area (Å²) in [4.78, 5) is 0. The van der Waals surface area contributed by atoms with Crippen LogP contribution in [0.4, 0.5) is 0 Å². The highest BCUT2D eigenvalue weighted by molar-refractivity contribution is 7.85. The molecule has 0 aromatic carbocycles. The van der Waals surface area contributed by atoms with Gasteiger partial charge in [-0.15, -0.1) is 0 Å². The molecule has 3 nitrogen and oxygen atoms in total. The third-order valence-electron chi connectivity index (χ3n) is 3.70. The summed E-state index contributed by atoms with van der Waals surface area (Å²) in [7, 11) is -3.83. The van der Waals surface area contributed by atoms with Gasteiger partial charge in [0.25, 0.3) is 10.1 Å². The van der Waals surface area contributed by atoms with Crippen LogP contribution in [0.2, 0.25) is 0 Å². The lowest BCUT2D eigenvalue weighted by atomic mass is 10.0. The van der Waals surface area contributed by atoms with Crippen LogP contribution in [0.25, 0.3) is 0 Å². The fourth-order valence-corrected chi connectivity index (χ4v) is 2.79. The molecule has 0 amide bonds. The van der Waals surface area contributed by atoms with Crippen LogP contribution >= 0.6 is 0 Å². The van der Waals surface area contributed by atoms with E-state index in [1.165, 1.54) is 76.7 Å². The Morgan fingerprint density at radius 1 is 0.714 bits per heavy atom. The summed E-state index contributed by atoms with van der Waals surface area (Å²) >= 11 is 0. The van der Waals surface area contributed by atoms with E-state index in [1.54, 1.807) is 0 Å². The first-order chi connectivity index (χ1) is 10.1. The van der Waals surface area contributed by atoms with Gasteiger partial charge in [-0.1, -0.05) is 89.7 Å². The molecule has 4 heteroatoms. The van der Waals surface area contributed by atoms with Crippen LogP contribution in [0.3, 0.4) is 0 Å². The summed E-state index contributed by atoms with van der Waals surface area (Å²) in [5.41, 5.74) is 0. The molecule has 0 atom stereocenters. The highest BCUT2D eigenvalue weighted by Crippen LogP contribution is 2.12. The summed E-state index contributed by atoms with van der Waals surface area (Å²) in [6, 6.07) is 0. The quantitative estimate of drug-likeness (QED) is 0.246. The van der Waals surface area contributed by atoms with E-state index in [1.807, 2.05) is 6.08 Å². The minimum Gasteiger partial charge on any atom is -0.285 e. The Balaban J connectivity index is 3.12. The number of hydrogen-bond donors (Lipinski definition) is 1. The second-order valence-corrected chi connectivity index (χ2v) is 7.39. The van der Waals surface area contributed by atoms with Crippen LogP contribution in [0.1, 0.15) is 90.4 Å². The van der Waals surface area contributed by atoms with Crippen LogP contribution in [0.15, 0.2) is 12.2 Å². The second kappa shape index (κ2) is 14.6. The Morgan fingerprint density at radius 2 is 1.14 bits per heavy atom. The molecule has 0 bridgehead atoms. The van der Waals surface area contributed by atoms with Gasteiger partial charge in [0.1, 0.15) is 0 Å². The van der Waals surface area contributed by atoms with Gasteiger partial charge in [-0.25, -0.2) is 0 Å². The monoisotopic (exact) mass is 318 g/mol. The van der Waals surface area contributed by atoms with E-state index >= 15 is 0 Å². The molecule has 0 heterocycles. The van der Waals surface area contributed by atoms with Crippen molar-refractivity contribution in [3.63, 3.8) is 0 Å². The summed E-state index contributed by atoms with van der Waals surface area (Å²) < 4.78 is 29.5. The maximum atomic E-state index is 10.5. The molecular formula is C17H34O3S. The molecular weight excluding hydrogens is 284 g/mol. The molecule has 0 aliphatic heterocycles. The summed E-state index contributed by atoms with van der Waals surface area (Å²) in [5.74, 6) is -0.259. The van der Waals surface area contributed by atoms with E-state index in [-0.39, 0.29) is 5.75 Å². The van der Waals surface area contributed by atoms with Crippen LogP contribution in [0, 0.1) is 0 Å². The fourth-order valence-electron chi connectivity index (χ4n) is 2.41. The third-order valence-corrected chi connectivity index (χ3v) is 4.31. The number of unbranched alkanes of at least 4 members (excludes halogenated alkanes) is 12. The first-order valence-corrected chi connectivity index (χ1v) is 10.3. The van der Waals surface area contributed by atoms with Gasteiger partial charge in [-0.05, 0) is 12.8 Å². The van der Waals surface area contributed by atoms with E-state index in [9.17, 15) is 8.42 Å². The Hall–Kier alpha value is -0.350. The number of allylic oxidation sites excluding steroid dienone is 1. The van der Waals surface area contributed by atoms with Crippen molar-refractivity contribution in [2.45, 2.75) is 90.4 Å². The molecule has 0 aliphatic rings. The predicted octanol–water partition coefficient (Wildman–Crippen LogP) is 5.52. The Labute approximate surface area is 132 Å². The molecule has 0 unspecified atom stereocenters. The summed E-state index contributed by atoms with van der Waals surface area (Å²) in [6.07, 6.45) is 20.3. The maximum absolute atomic E-state index is 10.5. The molecule has 0 aliphatic carbocycles. The largest absolute Gasteiger partial charge is 0.285 e. The molecule has 1 N–H and O–H groups in total. The van der Waals surface area contributed by atoms with Crippen molar-refractivity contribution in [2.24, 2.45) is 0 Å². The van der Waals surface area contributed by atoms with E-state index in [0.29, 0.717) is 0 Å². The van der Waals surface area contributed by atoms with Crippen molar-refractivity contribution in [3.05, 3.63) is 12.2 Å². The van der Waals surface area contributed by atoms with Crippen molar-refractivity contribution >= 4 is 10.1 Å². The van der Waals surface area contributed by atoms with Crippen molar-refractivity contribution in [3.8, 4) is 0 Å². The number of hydrogen-bond acceptors (Lipinski definition) is 2. The van der Waals surface area contributed by atoms with Crippen LogP contribution < -0.4 is 0 Å². The average Bonchev–Trinajstić information content (AvgIpc) is 2.42. The summed E-state index contributed by atoms with van der Waals surface area (Å²) in [5, 5.41) is 0. The highest BCUT2D eigenvalue weighted by Gasteiger charge is 1.98. The Morgan fingerprint density at radius 3 is 1.57 bits per heavy atom. The lowest BCUT2D eigenvalue weighted by Gasteiger charge is -2.02. The molecule has 0 aromatic heterocycles. The second-order valence-electron chi connectivity index (χ2n) is 5.90. The minimum absolute atomic E-state index is 0.259. The molecule has 21 heavy (non-hydrogen) atoms. The van der Waals surface area contributed by atoms with E-state index in [4.69, 9.17) is 4.55 Å². The molecule has 0 rings (SSSR count). The van der Waals surface area contributed by atoms with Gasteiger partial charge >= 0.3 is 0 Å². The molecule has 0 aromatic rings. The van der Waals surface area contributed by atoms with E-state index in [2.05, 4.69) is 6.92 Å². The van der Waals surface area contributed by atoms with Gasteiger partial charge in [-0.3, -0.25) is 4.55 Å². The summed E-state index contributed by atoms with van der Waals surface area (Å²) in [6.45, 7) is 2.25. The lowest BCUT2D eigenvalue weighted by Crippen LogP contribution is -1.99. The maximum Gasteiger partial charge on any atom is 0.268 e. The van der Waals surface area contributed by atoms with Crippen LogP contribution in [0.5, 0.6) is 0 Å². The smallest absolute Gasteiger partial charge is 0.268 e. The average molecular weight is 319 g/mol. The fraction of sp³-hybridized carbons (Fsp3) is 0.882. The molecule has 0 saturated carbocycles. The van der Waals surface area contributed by atoms with Gasteiger partial charge < -0.3 is 0 Å². The minimum atomic E-state index is -3.83. The van der Waals surface area contributed by atoms with E-state index in [0.717, 1.165) is 12.8 Å². The molecule has 0 spiro atoms. The highest BCUT2D eigenvalue weighted by atomic mass is 32.2. The topological polar surface area (TPSA) is 54.4 Å². The molecule has 0 radical (unpaired) electrons. The molecule has 0 saturated heterocycles. The van der Waals surface area contributed by atoms with Gasteiger partial charge in [0, 0.05) is 0 Å². The zero-order valence-corrected chi connectivity index (χ0v) is 14.5. The Bertz CT molecular complexity index is 334. The first-order valence-electron chi connectivity index (χ1n) is 8.66. The van der Waals surface area contributed by atoms with Crippen molar-refractivity contribution < 1.29 is 13.0 Å². The SMILES string of the molecule is CCCCCCCCCCCCCCC=CCS(=O)(=O)O. The zero-order valence-electron chi connectivity index (χ0n) is 13.7. The van der Waals surface area contributed by atoms with Crippen molar-refractivity contribution in [2.75, 3.05) is 5.75 Å². The van der Waals surface area contributed by atoms with Gasteiger partial charge in [0.2, 0.25) is 0 Å². The lowest BCUT2D eigenvalue weighted by molar-refractivity contribution is 0.486. The zero-order chi connectivity index (χ0) is 15.8.